The summed E-state index contributed by atoms with van der Waals surface area (Å²) >= 11 is 0. The minimum Gasteiger partial charge on any atom is -0.454 e. The molecule has 0 fully saturated rings. The first kappa shape index (κ1) is 24.5. The van der Waals surface area contributed by atoms with Crippen LogP contribution in [0.3, 0.4) is 0 Å². The maximum absolute atomic E-state index is 12.9. The lowest BCUT2D eigenvalue weighted by Crippen LogP contribution is -2.13. The molecular weight excluding hydrogens is 432 g/mol. The van der Waals surface area contributed by atoms with Gasteiger partial charge in [-0.2, -0.15) is 0 Å². The molecule has 0 aromatic heterocycles. The van der Waals surface area contributed by atoms with Crippen LogP contribution in [0, 0.1) is 0 Å². The molecule has 0 saturated carbocycles. The van der Waals surface area contributed by atoms with Gasteiger partial charge >= 0.3 is 5.97 Å². The predicted octanol–water partition coefficient (Wildman–Crippen LogP) is 8.98. The van der Waals surface area contributed by atoms with Gasteiger partial charge in [0.1, 0.15) is 6.10 Å². The van der Waals surface area contributed by atoms with Crippen LogP contribution in [0.25, 0.3) is 11.1 Å². The van der Waals surface area contributed by atoms with E-state index in [0.717, 1.165) is 18.4 Å². The van der Waals surface area contributed by atoms with E-state index in [9.17, 15) is 4.79 Å². The Morgan fingerprint density at radius 3 is 2.22 bits per heavy atom. The lowest BCUT2D eigenvalue weighted by atomic mass is 9.98. The summed E-state index contributed by atoms with van der Waals surface area (Å²) in [5, 5.41) is 0. The van der Waals surface area contributed by atoms with E-state index < -0.39 is 0 Å². The molecule has 1 unspecified atom stereocenters. The van der Waals surface area contributed by atoms with E-state index in [1.165, 1.54) is 41.7 Å². The summed E-state index contributed by atoms with van der Waals surface area (Å²) in [5.74, 6) is -0.253. The van der Waals surface area contributed by atoms with E-state index in [1.807, 2.05) is 36.4 Å². The van der Waals surface area contributed by atoms with Gasteiger partial charge in [0.05, 0.1) is 5.56 Å². The van der Waals surface area contributed by atoms with Crippen LogP contribution in [0.5, 0.6) is 0 Å². The molecule has 0 spiro atoms. The number of carbonyl (C=O) groups excluding carboxylic acids is 1. The molecule has 0 radical (unpaired) electrons. The molecule has 3 rings (SSSR count). The van der Waals surface area contributed by atoms with Gasteiger partial charge in [-0.3, -0.25) is 0 Å². The molecule has 0 amide bonds. The molecule has 2 nitrogen and oxygen atoms in total. The third-order valence-electron chi connectivity index (χ3n) is 5.47. The molecule has 3 aromatic carbocycles. The van der Waals surface area contributed by atoms with Gasteiger partial charge in [0.25, 0.3) is 0 Å². The molecule has 168 valence electrons. The van der Waals surface area contributed by atoms with E-state index in [-0.39, 0.29) is 12.1 Å². The van der Waals surface area contributed by atoms with Crippen molar-refractivity contribution >= 4 is 27.6 Å². The molecule has 0 heterocycles. The fraction of sp³-hybridized carbons (Fsp3) is 0.321. The Labute approximate surface area is 200 Å². The lowest BCUT2D eigenvalue weighted by molar-refractivity contribution is 0.0264. The van der Waals surface area contributed by atoms with Crippen molar-refractivity contribution < 1.29 is 9.53 Å². The van der Waals surface area contributed by atoms with Gasteiger partial charge in [-0.15, -0.1) is 0 Å². The van der Waals surface area contributed by atoms with Crippen molar-refractivity contribution in [1.29, 1.82) is 0 Å². The van der Waals surface area contributed by atoms with Crippen LogP contribution in [0.4, 0.5) is 0 Å². The van der Waals surface area contributed by atoms with Crippen molar-refractivity contribution in [3.63, 3.8) is 0 Å². The monoisotopic (exact) mass is 464 g/mol. The topological polar surface area (TPSA) is 26.3 Å². The van der Waals surface area contributed by atoms with Gasteiger partial charge in [-0.05, 0) is 48.4 Å². The Balaban J connectivity index is 1.86. The Morgan fingerprint density at radius 1 is 0.844 bits per heavy atom. The first-order valence-corrected chi connectivity index (χ1v) is 13.9. The number of esters is 1. The van der Waals surface area contributed by atoms with Crippen molar-refractivity contribution in [2.45, 2.75) is 56.4 Å². The van der Waals surface area contributed by atoms with Gasteiger partial charge in [0.15, 0.2) is 0 Å². The second kappa shape index (κ2) is 13.4. The van der Waals surface area contributed by atoms with E-state index in [4.69, 9.17) is 4.74 Å². The average Bonchev–Trinajstić information content (AvgIpc) is 2.84. The van der Waals surface area contributed by atoms with Gasteiger partial charge in [0.2, 0.25) is 0 Å². The largest absolute Gasteiger partial charge is 0.454 e. The Bertz CT molecular complexity index is 958. The van der Waals surface area contributed by atoms with Crippen LogP contribution >= 0.6 is 21.6 Å². The molecule has 0 bridgehead atoms. The second-order valence-electron chi connectivity index (χ2n) is 7.83. The van der Waals surface area contributed by atoms with Crippen LogP contribution in [-0.4, -0.2) is 12.2 Å². The quantitative estimate of drug-likeness (QED) is 0.152. The highest BCUT2D eigenvalue weighted by atomic mass is 33.1. The third kappa shape index (κ3) is 7.18. The molecule has 1 atom stereocenters. The molecule has 4 heteroatoms. The van der Waals surface area contributed by atoms with E-state index in [2.05, 4.69) is 55.6 Å². The van der Waals surface area contributed by atoms with Crippen molar-refractivity contribution in [3.05, 3.63) is 90.0 Å². The summed E-state index contributed by atoms with van der Waals surface area (Å²) < 4.78 is 6.10. The first-order chi connectivity index (χ1) is 15.7. The number of benzene rings is 3. The lowest BCUT2D eigenvalue weighted by Gasteiger charge is -2.22. The molecule has 3 aromatic rings. The van der Waals surface area contributed by atoms with Crippen LogP contribution in [0.15, 0.2) is 83.8 Å². The van der Waals surface area contributed by atoms with Crippen LogP contribution in [0.1, 0.15) is 67.5 Å². The van der Waals surface area contributed by atoms with Crippen molar-refractivity contribution in [2.75, 3.05) is 6.26 Å². The van der Waals surface area contributed by atoms with E-state index in [0.29, 0.717) is 5.56 Å². The average molecular weight is 465 g/mol. The van der Waals surface area contributed by atoms with E-state index in [1.54, 1.807) is 21.6 Å². The number of unbranched alkanes of at least 4 members (excludes halogenated alkanes) is 4. The minimum absolute atomic E-state index is 0.246. The number of hydrogen-bond donors (Lipinski definition) is 0. The summed E-state index contributed by atoms with van der Waals surface area (Å²) in [6, 6.07) is 26.2. The predicted molar refractivity (Wildman–Crippen MR) is 139 cm³/mol. The van der Waals surface area contributed by atoms with E-state index >= 15 is 0 Å². The Kier molecular flexibility index (Phi) is 10.2. The zero-order valence-corrected chi connectivity index (χ0v) is 20.6. The highest BCUT2D eigenvalue weighted by Gasteiger charge is 2.21. The zero-order valence-electron chi connectivity index (χ0n) is 19.0. The van der Waals surface area contributed by atoms with Gasteiger partial charge in [0, 0.05) is 10.5 Å². The van der Waals surface area contributed by atoms with Crippen LogP contribution in [-0.2, 0) is 4.74 Å². The molecule has 32 heavy (non-hydrogen) atoms. The maximum Gasteiger partial charge on any atom is 0.338 e. The minimum atomic E-state index is -0.253. The summed E-state index contributed by atoms with van der Waals surface area (Å²) in [5.41, 5.74) is 4.08. The molecular formula is C28H32O2S2. The van der Waals surface area contributed by atoms with Crippen molar-refractivity contribution in [3.8, 4) is 11.1 Å². The Hall–Kier alpha value is -2.17. The molecule has 0 aliphatic carbocycles. The molecule has 0 N–H and O–H groups in total. The summed E-state index contributed by atoms with van der Waals surface area (Å²) in [6.07, 6.45) is 8.61. The number of hydrogen-bond acceptors (Lipinski definition) is 4. The molecule has 0 saturated heterocycles. The maximum atomic E-state index is 12.9. The molecule has 0 aliphatic rings. The highest BCUT2D eigenvalue weighted by Crippen LogP contribution is 2.40. The van der Waals surface area contributed by atoms with Gasteiger partial charge < -0.3 is 4.74 Å². The van der Waals surface area contributed by atoms with Crippen molar-refractivity contribution in [1.82, 2.24) is 0 Å². The SMILES string of the molecule is CCCCCCCC(OC(=O)c1ccccc1)c1ccc(-c2ccccc2)cc1SSC. The second-order valence-corrected chi connectivity index (χ2v) is 10.3. The number of ether oxygens (including phenoxy) is 1. The normalized spacial score (nSPS) is 11.8. The van der Waals surface area contributed by atoms with Crippen molar-refractivity contribution in [2.24, 2.45) is 0 Å². The summed E-state index contributed by atoms with van der Waals surface area (Å²) in [4.78, 5) is 14.1. The smallest absolute Gasteiger partial charge is 0.338 e. The van der Waals surface area contributed by atoms with Gasteiger partial charge in [-0.25, -0.2) is 4.79 Å². The summed E-state index contributed by atoms with van der Waals surface area (Å²) in [6.45, 7) is 2.23. The zero-order chi connectivity index (χ0) is 22.6. The standard InChI is InChI=1S/C28H32O2S2/c1-3-4-5-6-13-18-26(30-28(29)23-16-11-8-12-17-23)25-20-19-24(21-27(25)32-31-2)22-14-9-7-10-15-22/h7-12,14-17,19-21,26H,3-6,13,18H2,1-2H3. The fourth-order valence-corrected chi connectivity index (χ4v) is 5.38. The summed E-state index contributed by atoms with van der Waals surface area (Å²) in [7, 11) is 3.45. The first-order valence-electron chi connectivity index (χ1n) is 11.4. The van der Waals surface area contributed by atoms with Crippen LogP contribution < -0.4 is 0 Å². The van der Waals surface area contributed by atoms with Crippen LogP contribution in [0.2, 0.25) is 0 Å². The Morgan fingerprint density at radius 2 is 1.53 bits per heavy atom. The van der Waals surface area contributed by atoms with Gasteiger partial charge in [-0.1, -0.05) is 115 Å². The third-order valence-corrected chi connectivity index (χ3v) is 7.21. The number of rotatable bonds is 12. The fourth-order valence-electron chi connectivity index (χ4n) is 3.76. The molecule has 0 aliphatic heterocycles. The number of carbonyl (C=O) groups is 1. The highest BCUT2D eigenvalue weighted by molar-refractivity contribution is 8.76.